The van der Waals surface area contributed by atoms with E-state index < -0.39 is 0 Å². The standard InChI is InChI=1S/C9H12N4/c1-6-5-9(13-12-6)11-8-3-4-10-7(8)2/h3-5,10H,1-2H3,(H2,11,12,13). The van der Waals surface area contributed by atoms with Crippen molar-refractivity contribution in [3.8, 4) is 0 Å². The zero-order valence-electron chi connectivity index (χ0n) is 7.68. The molecule has 0 bridgehead atoms. The number of nitrogens with one attached hydrogen (secondary N) is 3. The topological polar surface area (TPSA) is 56.5 Å². The zero-order valence-corrected chi connectivity index (χ0v) is 7.68. The number of aromatic nitrogens is 3. The zero-order chi connectivity index (χ0) is 9.26. The van der Waals surface area contributed by atoms with Gasteiger partial charge in [-0.25, -0.2) is 0 Å². The quantitative estimate of drug-likeness (QED) is 0.656. The summed E-state index contributed by atoms with van der Waals surface area (Å²) in [6, 6.07) is 3.95. The lowest BCUT2D eigenvalue weighted by atomic mass is 10.4. The minimum Gasteiger partial charge on any atom is -0.363 e. The highest BCUT2D eigenvalue weighted by Crippen LogP contribution is 2.17. The van der Waals surface area contributed by atoms with Crippen LogP contribution in [0.25, 0.3) is 0 Å². The molecule has 0 unspecified atom stereocenters. The predicted octanol–water partition coefficient (Wildman–Crippen LogP) is 2.10. The van der Waals surface area contributed by atoms with Gasteiger partial charge in [-0.1, -0.05) is 0 Å². The van der Waals surface area contributed by atoms with Gasteiger partial charge >= 0.3 is 0 Å². The number of aryl methyl sites for hydroxylation is 2. The van der Waals surface area contributed by atoms with Crippen molar-refractivity contribution in [1.82, 2.24) is 15.2 Å². The third-order valence-electron chi connectivity index (χ3n) is 1.92. The molecule has 0 radical (unpaired) electrons. The van der Waals surface area contributed by atoms with Gasteiger partial charge in [0.25, 0.3) is 0 Å². The molecule has 0 aliphatic carbocycles. The molecule has 13 heavy (non-hydrogen) atoms. The molecule has 0 aliphatic rings. The molecule has 2 aromatic rings. The molecule has 0 saturated carbocycles. The minimum absolute atomic E-state index is 0.847. The van der Waals surface area contributed by atoms with E-state index in [0.29, 0.717) is 0 Å². The van der Waals surface area contributed by atoms with Crippen molar-refractivity contribution in [2.24, 2.45) is 0 Å². The maximum Gasteiger partial charge on any atom is 0.152 e. The number of rotatable bonds is 2. The van der Waals surface area contributed by atoms with Gasteiger partial charge in [0, 0.05) is 23.7 Å². The van der Waals surface area contributed by atoms with E-state index >= 15 is 0 Å². The molecule has 2 rings (SSSR count). The lowest BCUT2D eigenvalue weighted by Crippen LogP contribution is -1.90. The second kappa shape index (κ2) is 2.97. The molecule has 4 nitrogen and oxygen atoms in total. The van der Waals surface area contributed by atoms with Crippen LogP contribution in [0, 0.1) is 13.8 Å². The highest BCUT2D eigenvalue weighted by atomic mass is 15.2. The summed E-state index contributed by atoms with van der Waals surface area (Å²) in [5, 5.41) is 10.2. The largest absolute Gasteiger partial charge is 0.363 e. The van der Waals surface area contributed by atoms with Crippen LogP contribution < -0.4 is 5.32 Å². The smallest absolute Gasteiger partial charge is 0.152 e. The summed E-state index contributed by atoms with van der Waals surface area (Å²) in [6.07, 6.45) is 1.90. The average Bonchev–Trinajstić information content (AvgIpc) is 2.64. The first-order chi connectivity index (χ1) is 6.25. The van der Waals surface area contributed by atoms with E-state index in [1.807, 2.05) is 32.2 Å². The summed E-state index contributed by atoms with van der Waals surface area (Å²) in [7, 11) is 0. The van der Waals surface area contributed by atoms with Crippen molar-refractivity contribution in [2.45, 2.75) is 13.8 Å². The number of hydrogen-bond donors (Lipinski definition) is 3. The molecule has 0 amide bonds. The summed E-state index contributed by atoms with van der Waals surface area (Å²) in [4.78, 5) is 3.10. The number of H-pyrrole nitrogens is 2. The molecule has 3 N–H and O–H groups in total. The van der Waals surface area contributed by atoms with Crippen LogP contribution in [0.4, 0.5) is 11.5 Å². The number of anilines is 2. The highest BCUT2D eigenvalue weighted by Gasteiger charge is 2.00. The molecule has 2 heterocycles. The van der Waals surface area contributed by atoms with Gasteiger partial charge in [0.1, 0.15) is 0 Å². The van der Waals surface area contributed by atoms with Crippen molar-refractivity contribution < 1.29 is 0 Å². The third-order valence-corrected chi connectivity index (χ3v) is 1.92. The molecule has 2 aromatic heterocycles. The fourth-order valence-corrected chi connectivity index (χ4v) is 1.21. The van der Waals surface area contributed by atoms with Gasteiger partial charge in [-0.2, -0.15) is 5.10 Å². The predicted molar refractivity (Wildman–Crippen MR) is 52.1 cm³/mol. The van der Waals surface area contributed by atoms with Crippen LogP contribution in [0.3, 0.4) is 0 Å². The Labute approximate surface area is 76.4 Å². The molecular formula is C9H12N4. The third kappa shape index (κ3) is 1.56. The summed E-state index contributed by atoms with van der Waals surface area (Å²) in [5.41, 5.74) is 3.22. The van der Waals surface area contributed by atoms with Crippen LogP contribution in [0.1, 0.15) is 11.4 Å². The van der Waals surface area contributed by atoms with E-state index in [1.54, 1.807) is 0 Å². The van der Waals surface area contributed by atoms with E-state index in [0.717, 1.165) is 22.9 Å². The Morgan fingerprint density at radius 3 is 2.77 bits per heavy atom. The van der Waals surface area contributed by atoms with Crippen molar-refractivity contribution in [3.63, 3.8) is 0 Å². The molecule has 0 fully saturated rings. The number of aromatic amines is 2. The SMILES string of the molecule is Cc1cc(Nc2cc[nH]c2C)n[nH]1. The Morgan fingerprint density at radius 1 is 1.38 bits per heavy atom. The van der Waals surface area contributed by atoms with Crippen molar-refractivity contribution in [3.05, 3.63) is 29.7 Å². The van der Waals surface area contributed by atoms with Crippen LogP contribution in [0.15, 0.2) is 18.3 Å². The molecule has 0 aromatic carbocycles. The van der Waals surface area contributed by atoms with Gasteiger partial charge in [-0.15, -0.1) is 0 Å². The molecule has 0 aliphatic heterocycles. The van der Waals surface area contributed by atoms with Gasteiger partial charge in [0.05, 0.1) is 5.69 Å². The van der Waals surface area contributed by atoms with E-state index in [-0.39, 0.29) is 0 Å². The summed E-state index contributed by atoms with van der Waals surface area (Å²) in [6.45, 7) is 3.99. The van der Waals surface area contributed by atoms with Gasteiger partial charge in [-0.05, 0) is 19.9 Å². The highest BCUT2D eigenvalue weighted by molar-refractivity contribution is 5.58. The van der Waals surface area contributed by atoms with E-state index in [9.17, 15) is 0 Å². The monoisotopic (exact) mass is 176 g/mol. The first-order valence-electron chi connectivity index (χ1n) is 4.19. The van der Waals surface area contributed by atoms with Crippen LogP contribution in [-0.4, -0.2) is 15.2 Å². The van der Waals surface area contributed by atoms with Crippen molar-refractivity contribution >= 4 is 11.5 Å². The number of hydrogen-bond acceptors (Lipinski definition) is 2. The van der Waals surface area contributed by atoms with E-state index in [4.69, 9.17) is 0 Å². The molecule has 4 heteroatoms. The summed E-state index contributed by atoms with van der Waals surface area (Å²) in [5.74, 6) is 0.847. The molecule has 0 saturated heterocycles. The Hall–Kier alpha value is -1.71. The summed E-state index contributed by atoms with van der Waals surface area (Å²) < 4.78 is 0. The first-order valence-corrected chi connectivity index (χ1v) is 4.19. The van der Waals surface area contributed by atoms with Gasteiger partial charge in [0.15, 0.2) is 5.82 Å². The minimum atomic E-state index is 0.847. The number of nitrogens with zero attached hydrogens (tertiary/aromatic N) is 1. The maximum atomic E-state index is 4.08. The Bertz CT molecular complexity index is 399. The molecule has 0 spiro atoms. The van der Waals surface area contributed by atoms with Crippen molar-refractivity contribution in [1.29, 1.82) is 0 Å². The second-order valence-electron chi connectivity index (χ2n) is 3.08. The fraction of sp³-hybridized carbons (Fsp3) is 0.222. The molecular weight excluding hydrogens is 164 g/mol. The van der Waals surface area contributed by atoms with Crippen LogP contribution >= 0.6 is 0 Å². The maximum absolute atomic E-state index is 4.08. The normalized spacial score (nSPS) is 10.3. The molecule has 68 valence electrons. The fourth-order valence-electron chi connectivity index (χ4n) is 1.21. The molecule has 0 atom stereocenters. The lowest BCUT2D eigenvalue weighted by Gasteiger charge is -1.99. The first kappa shape index (κ1) is 7.91. The summed E-state index contributed by atoms with van der Waals surface area (Å²) >= 11 is 0. The van der Waals surface area contributed by atoms with Crippen LogP contribution in [-0.2, 0) is 0 Å². The Balaban J connectivity index is 2.19. The lowest BCUT2D eigenvalue weighted by molar-refractivity contribution is 1.05. The van der Waals surface area contributed by atoms with E-state index in [1.165, 1.54) is 0 Å². The van der Waals surface area contributed by atoms with Crippen molar-refractivity contribution in [2.75, 3.05) is 5.32 Å². The second-order valence-corrected chi connectivity index (χ2v) is 3.08. The van der Waals surface area contributed by atoms with Gasteiger partial charge < -0.3 is 10.3 Å². The Morgan fingerprint density at radius 2 is 2.23 bits per heavy atom. The van der Waals surface area contributed by atoms with Gasteiger partial charge in [-0.3, -0.25) is 5.10 Å². The Kier molecular flexibility index (Phi) is 1.81. The van der Waals surface area contributed by atoms with Crippen LogP contribution in [0.2, 0.25) is 0 Å². The van der Waals surface area contributed by atoms with Crippen LogP contribution in [0.5, 0.6) is 0 Å². The van der Waals surface area contributed by atoms with Gasteiger partial charge in [0.2, 0.25) is 0 Å². The van der Waals surface area contributed by atoms with E-state index in [2.05, 4.69) is 20.5 Å². The average molecular weight is 176 g/mol.